The Morgan fingerprint density at radius 3 is 2.68 bits per heavy atom. The molecule has 0 atom stereocenters. The van der Waals surface area contributed by atoms with E-state index in [1.54, 1.807) is 26.2 Å². The molecule has 0 N–H and O–H groups in total. The lowest BCUT2D eigenvalue weighted by atomic mass is 10.2. The number of sulfonamides is 1. The summed E-state index contributed by atoms with van der Waals surface area (Å²) in [7, 11) is -0.446. The van der Waals surface area contributed by atoms with Crippen molar-refractivity contribution >= 4 is 10.0 Å². The van der Waals surface area contributed by atoms with Crippen LogP contribution in [-0.4, -0.2) is 40.0 Å². The fourth-order valence-corrected chi connectivity index (χ4v) is 3.12. The summed E-state index contributed by atoms with van der Waals surface area (Å²) in [5.41, 5.74) is 0.979. The zero-order valence-corrected chi connectivity index (χ0v) is 12.2. The highest BCUT2D eigenvalue weighted by molar-refractivity contribution is 7.89. The van der Waals surface area contributed by atoms with Gasteiger partial charge in [-0.1, -0.05) is 6.07 Å². The smallest absolute Gasteiger partial charge is 0.243 e. The first kappa shape index (κ1) is 15.6. The Balaban J connectivity index is 3.03. The second-order valence-electron chi connectivity index (χ2n) is 4.27. The summed E-state index contributed by atoms with van der Waals surface area (Å²) in [5, 5.41) is 8.86. The van der Waals surface area contributed by atoms with Crippen LogP contribution in [0.2, 0.25) is 0 Å². The molecule has 1 aromatic carbocycles. The molecule has 6 heteroatoms. The largest absolute Gasteiger partial charge is 0.385 e. The van der Waals surface area contributed by atoms with Gasteiger partial charge >= 0.3 is 0 Å². The van der Waals surface area contributed by atoms with Gasteiger partial charge in [0.05, 0.1) is 16.5 Å². The lowest BCUT2D eigenvalue weighted by molar-refractivity contribution is 0.189. The highest BCUT2D eigenvalue weighted by atomic mass is 32.2. The van der Waals surface area contributed by atoms with Gasteiger partial charge in [0.1, 0.15) is 0 Å². The second-order valence-corrected chi connectivity index (χ2v) is 6.28. The Morgan fingerprint density at radius 1 is 1.42 bits per heavy atom. The van der Waals surface area contributed by atoms with Crippen molar-refractivity contribution in [3.8, 4) is 6.07 Å². The van der Waals surface area contributed by atoms with Crippen molar-refractivity contribution < 1.29 is 13.2 Å². The molecule has 0 bridgehead atoms. The molecular weight excluding hydrogens is 264 g/mol. The van der Waals surface area contributed by atoms with E-state index in [0.717, 1.165) is 0 Å². The van der Waals surface area contributed by atoms with Gasteiger partial charge in [0.25, 0.3) is 0 Å². The average Bonchev–Trinajstić information content (AvgIpc) is 2.39. The van der Waals surface area contributed by atoms with Crippen LogP contribution >= 0.6 is 0 Å². The molecule has 0 aliphatic rings. The first-order valence-corrected chi connectivity index (χ1v) is 7.33. The van der Waals surface area contributed by atoms with Gasteiger partial charge < -0.3 is 4.74 Å². The van der Waals surface area contributed by atoms with Crippen molar-refractivity contribution in [2.45, 2.75) is 18.2 Å². The van der Waals surface area contributed by atoms with E-state index in [4.69, 9.17) is 10.00 Å². The molecule has 0 aliphatic heterocycles. The van der Waals surface area contributed by atoms with Gasteiger partial charge in [0.15, 0.2) is 0 Å². The Hall–Kier alpha value is -1.42. The van der Waals surface area contributed by atoms with E-state index in [1.165, 1.54) is 17.4 Å². The Bertz CT molecular complexity index is 576. The Morgan fingerprint density at radius 2 is 2.11 bits per heavy atom. The summed E-state index contributed by atoms with van der Waals surface area (Å²) < 4.78 is 31.0. The Kier molecular flexibility index (Phi) is 5.48. The molecule has 0 spiro atoms. The SMILES string of the molecule is COCCCN(C)S(=O)(=O)c1cc(C#N)ccc1C. The number of aryl methyl sites for hydroxylation is 1. The van der Waals surface area contributed by atoms with Crippen LogP contribution in [0.1, 0.15) is 17.5 Å². The van der Waals surface area contributed by atoms with Crippen molar-refractivity contribution in [3.63, 3.8) is 0 Å². The fourth-order valence-electron chi connectivity index (χ4n) is 1.67. The molecule has 1 rings (SSSR count). The quantitative estimate of drug-likeness (QED) is 0.742. The van der Waals surface area contributed by atoms with E-state index in [9.17, 15) is 8.42 Å². The molecule has 0 fully saturated rings. The van der Waals surface area contributed by atoms with Gasteiger partial charge in [-0.2, -0.15) is 5.26 Å². The minimum absolute atomic E-state index is 0.187. The Labute approximate surface area is 114 Å². The zero-order chi connectivity index (χ0) is 14.5. The van der Waals surface area contributed by atoms with Crippen molar-refractivity contribution in [1.29, 1.82) is 5.26 Å². The van der Waals surface area contributed by atoms with Crippen LogP contribution in [0.4, 0.5) is 0 Å². The van der Waals surface area contributed by atoms with Crippen LogP contribution in [0, 0.1) is 18.3 Å². The molecule has 104 valence electrons. The maximum atomic E-state index is 12.4. The minimum Gasteiger partial charge on any atom is -0.385 e. The van der Waals surface area contributed by atoms with Gasteiger partial charge in [0, 0.05) is 27.3 Å². The van der Waals surface area contributed by atoms with Crippen molar-refractivity contribution in [1.82, 2.24) is 4.31 Å². The van der Waals surface area contributed by atoms with E-state index in [0.29, 0.717) is 30.7 Å². The summed E-state index contributed by atoms with van der Waals surface area (Å²) in [5.74, 6) is 0. The third kappa shape index (κ3) is 3.77. The molecule has 0 radical (unpaired) electrons. The number of rotatable bonds is 6. The summed E-state index contributed by atoms with van der Waals surface area (Å²) >= 11 is 0. The van der Waals surface area contributed by atoms with Gasteiger partial charge in [0.2, 0.25) is 10.0 Å². The summed E-state index contributed by atoms with van der Waals surface area (Å²) in [4.78, 5) is 0.187. The highest BCUT2D eigenvalue weighted by Crippen LogP contribution is 2.20. The van der Waals surface area contributed by atoms with E-state index in [-0.39, 0.29) is 4.90 Å². The minimum atomic E-state index is -3.56. The summed E-state index contributed by atoms with van der Waals surface area (Å²) in [6, 6.07) is 6.63. The van der Waals surface area contributed by atoms with Crippen molar-refractivity contribution in [3.05, 3.63) is 29.3 Å². The molecule has 0 amide bonds. The number of methoxy groups -OCH3 is 1. The van der Waals surface area contributed by atoms with Crippen LogP contribution in [0.25, 0.3) is 0 Å². The van der Waals surface area contributed by atoms with Gasteiger partial charge in [-0.15, -0.1) is 0 Å². The van der Waals surface area contributed by atoms with Crippen LogP contribution in [0.5, 0.6) is 0 Å². The first-order valence-electron chi connectivity index (χ1n) is 5.89. The van der Waals surface area contributed by atoms with Crippen molar-refractivity contribution in [2.75, 3.05) is 27.3 Å². The van der Waals surface area contributed by atoms with Crippen LogP contribution in [0.15, 0.2) is 23.1 Å². The average molecular weight is 282 g/mol. The van der Waals surface area contributed by atoms with Crippen LogP contribution < -0.4 is 0 Å². The number of benzene rings is 1. The third-order valence-corrected chi connectivity index (χ3v) is 4.83. The zero-order valence-electron chi connectivity index (χ0n) is 11.4. The second kappa shape index (κ2) is 6.66. The normalized spacial score (nSPS) is 11.5. The maximum Gasteiger partial charge on any atom is 0.243 e. The number of nitrogens with zero attached hydrogens (tertiary/aromatic N) is 2. The third-order valence-electron chi connectivity index (χ3n) is 2.83. The lowest BCUT2D eigenvalue weighted by Gasteiger charge is -2.18. The number of hydrogen-bond donors (Lipinski definition) is 0. The van der Waals surface area contributed by atoms with E-state index >= 15 is 0 Å². The van der Waals surface area contributed by atoms with Crippen molar-refractivity contribution in [2.24, 2.45) is 0 Å². The highest BCUT2D eigenvalue weighted by Gasteiger charge is 2.22. The molecular formula is C13H18N2O3S. The standard InChI is InChI=1S/C13H18N2O3S/c1-11-5-6-12(10-14)9-13(11)19(16,17)15(2)7-4-8-18-3/h5-6,9H,4,7-8H2,1-3H3. The fraction of sp³-hybridized carbons (Fsp3) is 0.462. The summed E-state index contributed by atoms with van der Waals surface area (Å²) in [6.07, 6.45) is 0.628. The molecule has 0 aromatic heterocycles. The monoisotopic (exact) mass is 282 g/mol. The molecule has 19 heavy (non-hydrogen) atoms. The van der Waals surface area contributed by atoms with Crippen LogP contribution in [-0.2, 0) is 14.8 Å². The molecule has 0 saturated carbocycles. The van der Waals surface area contributed by atoms with Gasteiger partial charge in [-0.05, 0) is 31.0 Å². The molecule has 0 aliphatic carbocycles. The predicted octanol–water partition coefficient (Wildman–Crippen LogP) is 1.52. The first-order chi connectivity index (χ1) is 8.93. The van der Waals surface area contributed by atoms with E-state index < -0.39 is 10.0 Å². The number of ether oxygens (including phenoxy) is 1. The predicted molar refractivity (Wildman–Crippen MR) is 72.2 cm³/mol. The van der Waals surface area contributed by atoms with E-state index in [1.807, 2.05) is 6.07 Å². The topological polar surface area (TPSA) is 70.4 Å². The summed E-state index contributed by atoms with van der Waals surface area (Å²) in [6.45, 7) is 2.61. The molecule has 1 aromatic rings. The van der Waals surface area contributed by atoms with Gasteiger partial charge in [-0.3, -0.25) is 0 Å². The van der Waals surface area contributed by atoms with Crippen LogP contribution in [0.3, 0.4) is 0 Å². The maximum absolute atomic E-state index is 12.4. The number of hydrogen-bond acceptors (Lipinski definition) is 4. The van der Waals surface area contributed by atoms with Gasteiger partial charge in [-0.25, -0.2) is 12.7 Å². The molecule has 0 unspecified atom stereocenters. The number of nitriles is 1. The molecule has 5 nitrogen and oxygen atoms in total. The lowest BCUT2D eigenvalue weighted by Crippen LogP contribution is -2.29. The van der Waals surface area contributed by atoms with E-state index in [2.05, 4.69) is 0 Å². The molecule has 0 heterocycles. The molecule has 0 saturated heterocycles.